The Kier molecular flexibility index (Phi) is 3.85. The van der Waals surface area contributed by atoms with Crippen LogP contribution in [0.4, 0.5) is 0 Å². The first-order valence-electron chi connectivity index (χ1n) is 8.66. The third-order valence-electron chi connectivity index (χ3n) is 5.38. The van der Waals surface area contributed by atoms with E-state index in [0.29, 0.717) is 6.42 Å². The van der Waals surface area contributed by atoms with Crippen molar-refractivity contribution in [3.05, 3.63) is 71.4 Å². The number of carbonyl (C=O) groups is 1. The summed E-state index contributed by atoms with van der Waals surface area (Å²) in [7, 11) is 2.06. The summed E-state index contributed by atoms with van der Waals surface area (Å²) in [5.74, 6) is 0.0688. The van der Waals surface area contributed by atoms with Crippen LogP contribution in [0.15, 0.2) is 54.6 Å². The fourth-order valence-corrected chi connectivity index (χ4v) is 4.27. The second-order valence-electron chi connectivity index (χ2n) is 6.70. The molecule has 4 rings (SSSR count). The average Bonchev–Trinajstić information content (AvgIpc) is 2.92. The Balaban J connectivity index is 1.84. The van der Waals surface area contributed by atoms with Gasteiger partial charge in [-0.3, -0.25) is 4.79 Å². The summed E-state index contributed by atoms with van der Waals surface area (Å²) < 4.78 is 2.19. The largest absolute Gasteiger partial charge is 0.394 e. The van der Waals surface area contributed by atoms with Gasteiger partial charge in [0.15, 0.2) is 0 Å². The third-order valence-corrected chi connectivity index (χ3v) is 5.38. The molecule has 4 nitrogen and oxygen atoms in total. The van der Waals surface area contributed by atoms with E-state index in [4.69, 9.17) is 0 Å². The summed E-state index contributed by atoms with van der Waals surface area (Å²) in [5.41, 5.74) is 4.40. The standard InChI is InChI=1S/C21H22N2O2/c1-14-21-17(16-10-6-7-11-18(16)22(21)2)12-20(25)23(14)19(13-24)15-8-4-3-5-9-15/h3-11,14,19,24H,12-13H2,1-2H3/t14-,19+/m1/s1. The zero-order valence-electron chi connectivity index (χ0n) is 14.5. The molecule has 2 aromatic carbocycles. The molecule has 1 aliphatic rings. The van der Waals surface area contributed by atoms with Crippen LogP contribution in [0.2, 0.25) is 0 Å². The van der Waals surface area contributed by atoms with Crippen molar-refractivity contribution in [1.82, 2.24) is 9.47 Å². The van der Waals surface area contributed by atoms with Crippen molar-refractivity contribution in [3.63, 3.8) is 0 Å². The minimum absolute atomic E-state index is 0.0688. The highest BCUT2D eigenvalue weighted by molar-refractivity contribution is 5.93. The van der Waals surface area contributed by atoms with Gasteiger partial charge in [-0.15, -0.1) is 0 Å². The number of carbonyl (C=O) groups excluding carboxylic acids is 1. The van der Waals surface area contributed by atoms with E-state index in [2.05, 4.69) is 30.7 Å². The van der Waals surface area contributed by atoms with Crippen LogP contribution < -0.4 is 0 Å². The van der Waals surface area contributed by atoms with Crippen LogP contribution in [0.3, 0.4) is 0 Å². The predicted molar refractivity (Wildman–Crippen MR) is 98.2 cm³/mol. The summed E-state index contributed by atoms with van der Waals surface area (Å²) in [6, 6.07) is 17.6. The first kappa shape index (κ1) is 15.9. The van der Waals surface area contributed by atoms with E-state index >= 15 is 0 Å². The van der Waals surface area contributed by atoms with Crippen molar-refractivity contribution in [3.8, 4) is 0 Å². The maximum atomic E-state index is 13.0. The quantitative estimate of drug-likeness (QED) is 0.798. The lowest BCUT2D eigenvalue weighted by Crippen LogP contribution is -2.43. The topological polar surface area (TPSA) is 45.5 Å². The fraction of sp³-hybridized carbons (Fsp3) is 0.286. The summed E-state index contributed by atoms with van der Waals surface area (Å²) >= 11 is 0. The molecule has 3 aromatic rings. The number of aromatic nitrogens is 1. The van der Waals surface area contributed by atoms with Gasteiger partial charge in [-0.25, -0.2) is 0 Å². The SMILES string of the molecule is C[C@@H]1c2c(c3ccccc3n2C)CC(=O)N1[C@@H](CO)c1ccccc1. The molecule has 0 bridgehead atoms. The van der Waals surface area contributed by atoms with Crippen LogP contribution in [0.1, 0.15) is 35.8 Å². The first-order valence-corrected chi connectivity index (χ1v) is 8.66. The lowest BCUT2D eigenvalue weighted by Gasteiger charge is -2.39. The van der Waals surface area contributed by atoms with Crippen LogP contribution >= 0.6 is 0 Å². The number of benzene rings is 2. The number of hydrogen-bond acceptors (Lipinski definition) is 2. The molecule has 1 aromatic heterocycles. The minimum atomic E-state index is -0.324. The van der Waals surface area contributed by atoms with Crippen molar-refractivity contribution in [1.29, 1.82) is 0 Å². The van der Waals surface area contributed by atoms with E-state index in [1.54, 1.807) is 0 Å². The van der Waals surface area contributed by atoms with Gasteiger partial charge in [0.2, 0.25) is 5.91 Å². The minimum Gasteiger partial charge on any atom is -0.394 e. The van der Waals surface area contributed by atoms with Gasteiger partial charge < -0.3 is 14.6 Å². The molecule has 2 heterocycles. The molecule has 0 saturated carbocycles. The monoisotopic (exact) mass is 334 g/mol. The molecule has 0 fully saturated rings. The number of aliphatic hydroxyl groups excluding tert-OH is 1. The number of aryl methyl sites for hydroxylation is 1. The summed E-state index contributed by atoms with van der Waals surface area (Å²) in [5, 5.41) is 11.2. The van der Waals surface area contributed by atoms with Crippen molar-refractivity contribution in [2.75, 3.05) is 6.61 Å². The van der Waals surface area contributed by atoms with Crippen molar-refractivity contribution < 1.29 is 9.90 Å². The number of nitrogens with zero attached hydrogens (tertiary/aromatic N) is 2. The molecule has 25 heavy (non-hydrogen) atoms. The average molecular weight is 334 g/mol. The third kappa shape index (κ3) is 2.36. The number of amides is 1. The molecule has 0 unspecified atom stereocenters. The van der Waals surface area contributed by atoms with E-state index in [1.807, 2.05) is 47.4 Å². The van der Waals surface area contributed by atoms with Gasteiger partial charge in [-0.05, 0) is 24.1 Å². The molecule has 1 amide bonds. The molecule has 0 aliphatic carbocycles. The summed E-state index contributed by atoms with van der Waals surface area (Å²) in [4.78, 5) is 14.8. The van der Waals surface area contributed by atoms with Crippen LogP contribution in [0, 0.1) is 0 Å². The second-order valence-corrected chi connectivity index (χ2v) is 6.70. The molecular weight excluding hydrogens is 312 g/mol. The van der Waals surface area contributed by atoms with Crippen molar-refractivity contribution in [2.24, 2.45) is 7.05 Å². The van der Waals surface area contributed by atoms with E-state index < -0.39 is 0 Å². The van der Waals surface area contributed by atoms with Gasteiger partial charge in [0.25, 0.3) is 0 Å². The van der Waals surface area contributed by atoms with E-state index in [0.717, 1.165) is 27.7 Å². The highest BCUT2D eigenvalue weighted by atomic mass is 16.3. The molecule has 2 atom stereocenters. The predicted octanol–water partition coefficient (Wildman–Crippen LogP) is 3.36. The van der Waals surface area contributed by atoms with Crippen LogP contribution in [0.25, 0.3) is 10.9 Å². The Bertz CT molecular complexity index is 930. The zero-order chi connectivity index (χ0) is 17.6. The number of rotatable bonds is 3. The van der Waals surface area contributed by atoms with Gasteiger partial charge in [0.05, 0.1) is 25.1 Å². The maximum absolute atomic E-state index is 13.0. The Hall–Kier alpha value is -2.59. The fourth-order valence-electron chi connectivity index (χ4n) is 4.27. The molecule has 0 spiro atoms. The van der Waals surface area contributed by atoms with E-state index in [9.17, 15) is 9.90 Å². The first-order chi connectivity index (χ1) is 12.1. The molecular formula is C21H22N2O2. The lowest BCUT2D eigenvalue weighted by molar-refractivity contribution is -0.138. The molecule has 1 N–H and O–H groups in total. The Morgan fingerprint density at radius 3 is 2.52 bits per heavy atom. The second kappa shape index (κ2) is 6.05. The van der Waals surface area contributed by atoms with Gasteiger partial charge >= 0.3 is 0 Å². The summed E-state index contributed by atoms with van der Waals surface area (Å²) in [6.07, 6.45) is 0.379. The maximum Gasteiger partial charge on any atom is 0.228 e. The van der Waals surface area contributed by atoms with Gasteiger partial charge in [0.1, 0.15) is 0 Å². The molecule has 128 valence electrons. The Morgan fingerprint density at radius 1 is 1.12 bits per heavy atom. The van der Waals surface area contributed by atoms with Crippen LogP contribution in [-0.2, 0) is 18.3 Å². The smallest absolute Gasteiger partial charge is 0.228 e. The molecule has 0 radical (unpaired) electrons. The van der Waals surface area contributed by atoms with E-state index in [1.165, 1.54) is 0 Å². The molecule has 1 aliphatic heterocycles. The molecule has 0 saturated heterocycles. The van der Waals surface area contributed by atoms with Crippen LogP contribution in [0.5, 0.6) is 0 Å². The number of fused-ring (bicyclic) bond motifs is 3. The zero-order valence-corrected chi connectivity index (χ0v) is 14.5. The molecule has 4 heteroatoms. The Morgan fingerprint density at radius 2 is 1.80 bits per heavy atom. The number of hydrogen-bond donors (Lipinski definition) is 1. The highest BCUT2D eigenvalue weighted by Gasteiger charge is 2.37. The number of aliphatic hydroxyl groups is 1. The van der Waals surface area contributed by atoms with Gasteiger partial charge in [-0.1, -0.05) is 48.5 Å². The van der Waals surface area contributed by atoms with Crippen molar-refractivity contribution in [2.45, 2.75) is 25.4 Å². The highest BCUT2D eigenvalue weighted by Crippen LogP contribution is 2.40. The van der Waals surface area contributed by atoms with Crippen LogP contribution in [-0.4, -0.2) is 27.1 Å². The normalized spacial score (nSPS) is 18.4. The van der Waals surface area contributed by atoms with Gasteiger partial charge in [0, 0.05) is 23.6 Å². The lowest BCUT2D eigenvalue weighted by atomic mass is 9.94. The summed E-state index contributed by atoms with van der Waals surface area (Å²) in [6.45, 7) is 1.97. The Labute approximate surface area is 147 Å². The van der Waals surface area contributed by atoms with Crippen molar-refractivity contribution >= 4 is 16.8 Å². The van der Waals surface area contributed by atoms with Gasteiger partial charge in [-0.2, -0.15) is 0 Å². The number of para-hydroxylation sites is 1. The van der Waals surface area contributed by atoms with E-state index in [-0.39, 0.29) is 24.6 Å².